The van der Waals surface area contributed by atoms with Gasteiger partial charge in [-0.1, -0.05) is 23.5 Å². The van der Waals surface area contributed by atoms with E-state index in [2.05, 4.69) is 15.6 Å². The van der Waals surface area contributed by atoms with Gasteiger partial charge in [0.2, 0.25) is 5.91 Å². The molecule has 0 spiro atoms. The normalized spacial score (nSPS) is 10.8. The van der Waals surface area contributed by atoms with Crippen LogP contribution >= 0.6 is 34.0 Å². The van der Waals surface area contributed by atoms with Crippen LogP contribution < -0.4 is 15.4 Å². The lowest BCUT2D eigenvalue weighted by molar-refractivity contribution is -0.114. The van der Waals surface area contributed by atoms with Crippen molar-refractivity contribution in [3.05, 3.63) is 46.7 Å². The lowest BCUT2D eigenvalue weighted by atomic mass is 10.1. The number of carbonyl (C=O) groups excluding carboxylic acids is 2. The number of hydrogen-bond donors (Lipinski definition) is 2. The number of aromatic nitrogens is 1. The van der Waals surface area contributed by atoms with Gasteiger partial charge in [0.1, 0.15) is 21.8 Å². The predicted molar refractivity (Wildman–Crippen MR) is 127 cm³/mol. The number of methoxy groups -OCH3 is 1. The van der Waals surface area contributed by atoms with Crippen LogP contribution in [0.1, 0.15) is 17.3 Å². The number of para-hydroxylation sites is 1. The van der Waals surface area contributed by atoms with E-state index in [-0.39, 0.29) is 12.5 Å². The molecule has 0 aliphatic rings. The number of hydrogen-bond acceptors (Lipinski definition) is 9. The third kappa shape index (κ3) is 4.55. The number of ether oxygens (including phenoxy) is 2. The van der Waals surface area contributed by atoms with Gasteiger partial charge in [-0.05, 0) is 30.5 Å². The summed E-state index contributed by atoms with van der Waals surface area (Å²) in [5, 5.41) is 10.7. The van der Waals surface area contributed by atoms with Gasteiger partial charge in [-0.2, -0.15) is 0 Å². The van der Waals surface area contributed by atoms with Crippen LogP contribution in [0.3, 0.4) is 0 Å². The number of thiazole rings is 1. The Hall–Kier alpha value is -2.95. The number of carbonyl (C=O) groups is 2. The number of nitrogens with one attached hydrogen (secondary N) is 2. The van der Waals surface area contributed by atoms with Crippen molar-refractivity contribution in [2.75, 3.05) is 30.9 Å². The Bertz CT molecular complexity index is 1210. The van der Waals surface area contributed by atoms with E-state index in [9.17, 15) is 9.59 Å². The summed E-state index contributed by atoms with van der Waals surface area (Å²) in [5.41, 5.74) is 1.89. The highest BCUT2D eigenvalue weighted by atomic mass is 32.1. The Morgan fingerprint density at radius 2 is 2.03 bits per heavy atom. The zero-order valence-corrected chi connectivity index (χ0v) is 19.2. The summed E-state index contributed by atoms with van der Waals surface area (Å²) in [6, 6.07) is 9.59. The zero-order chi connectivity index (χ0) is 21.8. The fourth-order valence-electron chi connectivity index (χ4n) is 2.97. The van der Waals surface area contributed by atoms with E-state index >= 15 is 0 Å². The van der Waals surface area contributed by atoms with Gasteiger partial charge in [-0.3, -0.25) is 4.79 Å². The first kappa shape index (κ1) is 21.3. The molecule has 0 bridgehead atoms. The Labute approximate surface area is 190 Å². The molecule has 1 amide bonds. The van der Waals surface area contributed by atoms with E-state index in [1.54, 1.807) is 0 Å². The van der Waals surface area contributed by atoms with Crippen LogP contribution in [-0.2, 0) is 9.53 Å². The standard InChI is InChI=1S/C21H19N3O4S3/c1-3-28-13-6-4-7-15-18(13)24-21(31-15)22-10-16(25)23-19-17(20(26)27-2)12(11-30-19)14-8-5-9-29-14/h4-9,11H,3,10H2,1-2H3,(H,22,24)(H,23,25). The minimum atomic E-state index is -0.484. The molecule has 0 radical (unpaired) electrons. The van der Waals surface area contributed by atoms with Crippen molar-refractivity contribution in [2.45, 2.75) is 6.92 Å². The van der Waals surface area contributed by atoms with Gasteiger partial charge in [-0.25, -0.2) is 9.78 Å². The molecule has 0 fully saturated rings. The van der Waals surface area contributed by atoms with E-state index in [1.165, 1.54) is 41.1 Å². The number of fused-ring (bicyclic) bond motifs is 1. The van der Waals surface area contributed by atoms with E-state index < -0.39 is 5.97 Å². The second-order valence-electron chi connectivity index (χ2n) is 6.28. The molecule has 160 valence electrons. The van der Waals surface area contributed by atoms with Gasteiger partial charge in [0.15, 0.2) is 5.13 Å². The monoisotopic (exact) mass is 473 g/mol. The summed E-state index contributed by atoms with van der Waals surface area (Å²) in [7, 11) is 1.33. The maximum Gasteiger partial charge on any atom is 0.341 e. The topological polar surface area (TPSA) is 89.6 Å². The second kappa shape index (κ2) is 9.46. The molecule has 3 heterocycles. The molecule has 10 heteroatoms. The number of esters is 1. The van der Waals surface area contributed by atoms with Gasteiger partial charge in [0, 0.05) is 15.8 Å². The molecule has 0 aliphatic carbocycles. The van der Waals surface area contributed by atoms with E-state index in [4.69, 9.17) is 9.47 Å². The van der Waals surface area contributed by atoms with Crippen LogP contribution in [0, 0.1) is 0 Å². The first-order valence-electron chi connectivity index (χ1n) is 9.40. The second-order valence-corrected chi connectivity index (χ2v) is 9.14. The minimum absolute atomic E-state index is 0.0106. The lowest BCUT2D eigenvalue weighted by Crippen LogP contribution is -2.22. The maximum absolute atomic E-state index is 12.6. The van der Waals surface area contributed by atoms with Crippen molar-refractivity contribution < 1.29 is 19.1 Å². The fourth-order valence-corrected chi connectivity index (χ4v) is 5.63. The Morgan fingerprint density at radius 1 is 1.16 bits per heavy atom. The third-order valence-corrected chi connectivity index (χ3v) is 7.08. The van der Waals surface area contributed by atoms with Crippen molar-refractivity contribution >= 4 is 66.2 Å². The van der Waals surface area contributed by atoms with Crippen LogP contribution in [0.25, 0.3) is 20.7 Å². The van der Waals surface area contributed by atoms with Crippen LogP contribution in [0.5, 0.6) is 5.75 Å². The van der Waals surface area contributed by atoms with Gasteiger partial charge in [0.25, 0.3) is 0 Å². The molecule has 0 atom stereocenters. The van der Waals surface area contributed by atoms with E-state index in [0.717, 1.165) is 26.4 Å². The average molecular weight is 474 g/mol. The molecular weight excluding hydrogens is 454 g/mol. The number of anilines is 2. The molecule has 0 unspecified atom stereocenters. The van der Waals surface area contributed by atoms with Gasteiger partial charge < -0.3 is 20.1 Å². The Balaban J connectivity index is 1.48. The molecule has 0 saturated heterocycles. The molecule has 3 aromatic heterocycles. The van der Waals surface area contributed by atoms with Crippen molar-refractivity contribution in [1.82, 2.24) is 4.98 Å². The van der Waals surface area contributed by atoms with Gasteiger partial charge in [0.05, 0.1) is 25.0 Å². The van der Waals surface area contributed by atoms with Gasteiger partial charge >= 0.3 is 5.97 Å². The predicted octanol–water partition coefficient (Wildman–Crippen LogP) is 5.32. The molecule has 4 aromatic rings. The molecular formula is C21H19N3O4S3. The van der Waals surface area contributed by atoms with Crippen molar-refractivity contribution in [1.29, 1.82) is 0 Å². The van der Waals surface area contributed by atoms with Crippen LogP contribution in [0.15, 0.2) is 41.1 Å². The number of nitrogens with zero attached hydrogens (tertiary/aromatic N) is 1. The SMILES string of the molecule is CCOc1cccc2sc(NCC(=O)Nc3scc(-c4cccs4)c3C(=O)OC)nc12. The molecule has 2 N–H and O–H groups in total. The smallest absolute Gasteiger partial charge is 0.341 e. The Morgan fingerprint density at radius 3 is 2.77 bits per heavy atom. The van der Waals surface area contributed by atoms with Crippen LogP contribution in [0.2, 0.25) is 0 Å². The van der Waals surface area contributed by atoms with Crippen LogP contribution in [0.4, 0.5) is 10.1 Å². The summed E-state index contributed by atoms with van der Waals surface area (Å²) in [4.78, 5) is 30.4. The highest BCUT2D eigenvalue weighted by Crippen LogP contribution is 2.38. The molecule has 4 rings (SSSR count). The highest BCUT2D eigenvalue weighted by Gasteiger charge is 2.23. The minimum Gasteiger partial charge on any atom is -0.492 e. The summed E-state index contributed by atoms with van der Waals surface area (Å²) >= 11 is 4.26. The zero-order valence-electron chi connectivity index (χ0n) is 16.8. The maximum atomic E-state index is 12.6. The van der Waals surface area contributed by atoms with E-state index in [1.807, 2.05) is 48.0 Å². The summed E-state index contributed by atoms with van der Waals surface area (Å²) in [5.74, 6) is -0.0484. The molecule has 7 nitrogen and oxygen atoms in total. The first-order valence-corrected chi connectivity index (χ1v) is 12.0. The first-order chi connectivity index (χ1) is 15.1. The summed E-state index contributed by atoms with van der Waals surface area (Å²) < 4.78 is 11.5. The fraction of sp³-hybridized carbons (Fsp3) is 0.190. The number of benzene rings is 1. The Kier molecular flexibility index (Phi) is 6.50. The molecule has 0 saturated carbocycles. The summed E-state index contributed by atoms with van der Waals surface area (Å²) in [6.07, 6.45) is 0. The quantitative estimate of drug-likeness (QED) is 0.337. The van der Waals surface area contributed by atoms with Gasteiger partial charge in [-0.15, -0.1) is 22.7 Å². The summed E-state index contributed by atoms with van der Waals surface area (Å²) in [6.45, 7) is 2.49. The van der Waals surface area contributed by atoms with Crippen molar-refractivity contribution in [3.8, 4) is 16.2 Å². The number of amides is 1. The highest BCUT2D eigenvalue weighted by molar-refractivity contribution is 7.22. The largest absolute Gasteiger partial charge is 0.492 e. The molecule has 0 aliphatic heterocycles. The lowest BCUT2D eigenvalue weighted by Gasteiger charge is -2.07. The van der Waals surface area contributed by atoms with Crippen molar-refractivity contribution in [3.63, 3.8) is 0 Å². The molecule has 1 aromatic carbocycles. The van der Waals surface area contributed by atoms with Crippen molar-refractivity contribution in [2.24, 2.45) is 0 Å². The third-order valence-electron chi connectivity index (χ3n) is 4.30. The van der Waals surface area contributed by atoms with Crippen LogP contribution in [-0.4, -0.2) is 37.1 Å². The average Bonchev–Trinajstić information content (AvgIpc) is 3.51. The number of thiophene rings is 2. The van der Waals surface area contributed by atoms with E-state index in [0.29, 0.717) is 22.3 Å². The number of rotatable bonds is 8. The molecule has 31 heavy (non-hydrogen) atoms.